The van der Waals surface area contributed by atoms with Crippen molar-refractivity contribution in [3.05, 3.63) is 0 Å². The minimum atomic E-state index is -0.808. The van der Waals surface area contributed by atoms with Crippen LogP contribution in [-0.4, -0.2) is 23.7 Å². The van der Waals surface area contributed by atoms with Crippen LogP contribution in [0.2, 0.25) is 0 Å². The largest absolute Gasteiger partial charge is 0.481 e. The lowest BCUT2D eigenvalue weighted by Crippen LogP contribution is -2.24. The Hall–Kier alpha value is -1.06. The summed E-state index contributed by atoms with van der Waals surface area (Å²) in [5.74, 6) is -0.747. The second-order valence-electron chi connectivity index (χ2n) is 4.82. The number of carbonyl (C=O) groups excluding carboxylic acids is 1. The lowest BCUT2D eigenvalue weighted by molar-refractivity contribution is -0.153. The number of hydrogen-bond donors (Lipinski definition) is 1. The molecule has 4 nitrogen and oxygen atoms in total. The second kappa shape index (κ2) is 4.07. The van der Waals surface area contributed by atoms with Gasteiger partial charge in [-0.1, -0.05) is 12.8 Å². The number of aliphatic carboxylic acids is 1. The van der Waals surface area contributed by atoms with Gasteiger partial charge < -0.3 is 9.84 Å². The molecule has 2 saturated carbocycles. The van der Waals surface area contributed by atoms with E-state index in [1.165, 1.54) is 0 Å². The van der Waals surface area contributed by atoms with Crippen LogP contribution in [0.3, 0.4) is 0 Å². The highest BCUT2D eigenvalue weighted by Crippen LogP contribution is 2.67. The van der Waals surface area contributed by atoms with Gasteiger partial charge in [-0.3, -0.25) is 9.59 Å². The Bertz CT molecular complexity index is 298. The molecular weight excluding hydrogens is 208 g/mol. The number of carbonyl (C=O) groups is 2. The quantitative estimate of drug-likeness (QED) is 0.743. The van der Waals surface area contributed by atoms with Crippen molar-refractivity contribution in [3.8, 4) is 0 Å². The lowest BCUT2D eigenvalue weighted by atomic mass is 9.97. The van der Waals surface area contributed by atoms with Crippen molar-refractivity contribution in [2.45, 2.75) is 39.0 Å². The van der Waals surface area contributed by atoms with E-state index in [0.29, 0.717) is 6.61 Å². The van der Waals surface area contributed by atoms with Gasteiger partial charge in [0.25, 0.3) is 0 Å². The summed E-state index contributed by atoms with van der Waals surface area (Å²) < 4.78 is 4.87. The zero-order valence-electron chi connectivity index (χ0n) is 9.57. The normalized spacial score (nSPS) is 36.3. The van der Waals surface area contributed by atoms with Gasteiger partial charge in [0.1, 0.15) is 0 Å². The van der Waals surface area contributed by atoms with Crippen molar-refractivity contribution in [1.82, 2.24) is 0 Å². The molecule has 0 heterocycles. The van der Waals surface area contributed by atoms with Gasteiger partial charge in [0, 0.05) is 0 Å². The molecule has 0 saturated heterocycles. The molecule has 2 aliphatic rings. The number of hydrogen-bond acceptors (Lipinski definition) is 3. The van der Waals surface area contributed by atoms with Crippen LogP contribution in [0, 0.1) is 17.3 Å². The van der Waals surface area contributed by atoms with Gasteiger partial charge in [0.05, 0.1) is 18.4 Å². The summed E-state index contributed by atoms with van der Waals surface area (Å²) in [6.45, 7) is 2.06. The number of carboxylic acids is 1. The van der Waals surface area contributed by atoms with Crippen molar-refractivity contribution >= 4 is 11.9 Å². The van der Waals surface area contributed by atoms with Crippen LogP contribution in [0.15, 0.2) is 0 Å². The van der Waals surface area contributed by atoms with Crippen molar-refractivity contribution in [2.24, 2.45) is 17.3 Å². The molecular formula is C12H18O4. The number of ether oxygens (including phenoxy) is 1. The van der Waals surface area contributed by atoms with Crippen LogP contribution < -0.4 is 0 Å². The number of fused-ring (bicyclic) bond motifs is 1. The topological polar surface area (TPSA) is 63.6 Å². The maximum absolute atomic E-state index is 11.5. The second-order valence-corrected chi connectivity index (χ2v) is 4.82. The maximum atomic E-state index is 11.5. The molecule has 2 atom stereocenters. The Morgan fingerprint density at radius 1 is 1.31 bits per heavy atom. The van der Waals surface area contributed by atoms with E-state index in [9.17, 15) is 14.7 Å². The van der Waals surface area contributed by atoms with Crippen LogP contribution in [-0.2, 0) is 14.3 Å². The van der Waals surface area contributed by atoms with Crippen LogP contribution in [0.4, 0.5) is 0 Å². The van der Waals surface area contributed by atoms with Gasteiger partial charge in [0.15, 0.2) is 0 Å². The molecule has 2 rings (SSSR count). The average molecular weight is 226 g/mol. The van der Waals surface area contributed by atoms with Gasteiger partial charge in [-0.25, -0.2) is 0 Å². The SMILES string of the molecule is CCOC(=O)CC1(C(=O)O)C2CCCCC21. The fourth-order valence-corrected chi connectivity index (χ4v) is 3.36. The molecule has 2 unspecified atom stereocenters. The van der Waals surface area contributed by atoms with E-state index >= 15 is 0 Å². The highest BCUT2D eigenvalue weighted by molar-refractivity contribution is 5.86. The van der Waals surface area contributed by atoms with E-state index in [4.69, 9.17) is 4.74 Å². The minimum Gasteiger partial charge on any atom is -0.481 e. The first-order valence-corrected chi connectivity index (χ1v) is 6.02. The Balaban J connectivity index is 2.07. The monoisotopic (exact) mass is 226 g/mol. The van der Waals surface area contributed by atoms with Crippen molar-refractivity contribution in [3.63, 3.8) is 0 Å². The molecule has 0 bridgehead atoms. The van der Waals surface area contributed by atoms with E-state index in [1.54, 1.807) is 6.92 Å². The molecule has 1 N–H and O–H groups in total. The molecule has 4 heteroatoms. The first-order chi connectivity index (χ1) is 7.63. The third-order valence-electron chi connectivity index (χ3n) is 4.12. The highest BCUT2D eigenvalue weighted by atomic mass is 16.5. The van der Waals surface area contributed by atoms with Crippen molar-refractivity contribution < 1.29 is 19.4 Å². The zero-order valence-corrected chi connectivity index (χ0v) is 9.57. The van der Waals surface area contributed by atoms with Crippen molar-refractivity contribution in [2.75, 3.05) is 6.61 Å². The van der Waals surface area contributed by atoms with Gasteiger partial charge in [-0.15, -0.1) is 0 Å². The Morgan fingerprint density at radius 2 is 1.88 bits per heavy atom. The smallest absolute Gasteiger partial charge is 0.310 e. The summed E-state index contributed by atoms with van der Waals surface area (Å²) in [5, 5.41) is 9.34. The highest BCUT2D eigenvalue weighted by Gasteiger charge is 2.70. The Labute approximate surface area is 95.0 Å². The van der Waals surface area contributed by atoms with E-state index in [0.717, 1.165) is 25.7 Å². The zero-order chi connectivity index (χ0) is 11.8. The number of esters is 1. The standard InChI is InChI=1S/C12H18O4/c1-2-16-10(13)7-12(11(14)15)8-5-3-4-6-9(8)12/h8-9H,2-7H2,1H3,(H,14,15). The predicted molar refractivity (Wildman–Crippen MR) is 56.8 cm³/mol. The molecule has 0 aromatic rings. The summed E-state index contributed by atoms with van der Waals surface area (Å²) in [6, 6.07) is 0. The van der Waals surface area contributed by atoms with Crippen LogP contribution >= 0.6 is 0 Å². The molecule has 0 aromatic heterocycles. The Morgan fingerprint density at radius 3 is 2.31 bits per heavy atom. The first-order valence-electron chi connectivity index (χ1n) is 6.02. The fraction of sp³-hybridized carbons (Fsp3) is 0.833. The van der Waals surface area contributed by atoms with E-state index in [2.05, 4.69) is 0 Å². The summed E-state index contributed by atoms with van der Waals surface area (Å²) >= 11 is 0. The molecule has 0 radical (unpaired) electrons. The van der Waals surface area contributed by atoms with E-state index in [1.807, 2.05) is 0 Å². The van der Waals surface area contributed by atoms with E-state index < -0.39 is 11.4 Å². The van der Waals surface area contributed by atoms with Gasteiger partial charge >= 0.3 is 11.9 Å². The summed E-state index contributed by atoms with van der Waals surface area (Å²) in [7, 11) is 0. The molecule has 2 fully saturated rings. The molecule has 16 heavy (non-hydrogen) atoms. The maximum Gasteiger partial charge on any atom is 0.310 e. The molecule has 0 amide bonds. The molecule has 0 aliphatic heterocycles. The lowest BCUT2D eigenvalue weighted by Gasteiger charge is -2.11. The third kappa shape index (κ3) is 1.60. The van der Waals surface area contributed by atoms with Crippen molar-refractivity contribution in [1.29, 1.82) is 0 Å². The number of rotatable bonds is 4. The van der Waals surface area contributed by atoms with Gasteiger partial charge in [-0.2, -0.15) is 0 Å². The first kappa shape index (κ1) is 11.4. The van der Waals surface area contributed by atoms with Crippen LogP contribution in [0.5, 0.6) is 0 Å². The summed E-state index contributed by atoms with van der Waals surface area (Å²) in [5.41, 5.74) is -0.789. The van der Waals surface area contributed by atoms with Gasteiger partial charge in [-0.05, 0) is 31.6 Å². The predicted octanol–water partition coefficient (Wildman–Crippen LogP) is 1.83. The Kier molecular flexibility index (Phi) is 2.91. The number of carboxylic acid groups (broad SMARTS) is 1. The summed E-state index contributed by atoms with van der Waals surface area (Å²) in [4.78, 5) is 22.8. The fourth-order valence-electron chi connectivity index (χ4n) is 3.36. The summed E-state index contributed by atoms with van der Waals surface area (Å²) in [6.07, 6.45) is 4.16. The minimum absolute atomic E-state index is 0.0610. The third-order valence-corrected chi connectivity index (χ3v) is 4.12. The molecule has 0 spiro atoms. The van der Waals surface area contributed by atoms with Crippen LogP contribution in [0.1, 0.15) is 39.0 Å². The molecule has 2 aliphatic carbocycles. The molecule has 90 valence electrons. The van der Waals surface area contributed by atoms with Gasteiger partial charge in [0.2, 0.25) is 0 Å². The average Bonchev–Trinajstić information content (AvgIpc) is 2.89. The molecule has 0 aromatic carbocycles. The van der Waals surface area contributed by atoms with Crippen LogP contribution in [0.25, 0.3) is 0 Å². The van der Waals surface area contributed by atoms with E-state index in [-0.39, 0.29) is 24.2 Å².